The zero-order valence-corrected chi connectivity index (χ0v) is 12.8. The number of aryl methyl sites for hydroxylation is 2. The summed E-state index contributed by atoms with van der Waals surface area (Å²) >= 11 is 0. The first kappa shape index (κ1) is 16.4. The van der Waals surface area contributed by atoms with E-state index in [1.54, 1.807) is 13.0 Å². The molecule has 2 heterocycles. The van der Waals surface area contributed by atoms with Gasteiger partial charge in [-0.05, 0) is 33.8 Å². The minimum atomic E-state index is -0.467. The van der Waals surface area contributed by atoms with Crippen LogP contribution in [0.25, 0.3) is 11.1 Å². The molecule has 0 bridgehead atoms. The summed E-state index contributed by atoms with van der Waals surface area (Å²) in [5, 5.41) is 7.40. The van der Waals surface area contributed by atoms with Crippen LogP contribution in [0.5, 0.6) is 0 Å². The zero-order valence-electron chi connectivity index (χ0n) is 12.0. The van der Waals surface area contributed by atoms with Crippen LogP contribution in [0.4, 0.5) is 0 Å². The maximum atomic E-state index is 12.4. The van der Waals surface area contributed by atoms with Gasteiger partial charge in [-0.2, -0.15) is 0 Å². The van der Waals surface area contributed by atoms with Gasteiger partial charge < -0.3 is 15.6 Å². The van der Waals surface area contributed by atoms with Gasteiger partial charge in [0.05, 0.1) is 16.6 Å². The van der Waals surface area contributed by atoms with Crippen molar-refractivity contribution >= 4 is 29.4 Å². The van der Waals surface area contributed by atoms with Gasteiger partial charge in [-0.25, -0.2) is 4.98 Å². The van der Waals surface area contributed by atoms with E-state index in [2.05, 4.69) is 15.5 Å². The molecule has 2 aromatic rings. The molecule has 2 aromatic heterocycles. The van der Waals surface area contributed by atoms with Crippen molar-refractivity contribution in [3.05, 3.63) is 23.0 Å². The molecule has 0 saturated heterocycles. The summed E-state index contributed by atoms with van der Waals surface area (Å²) in [5.41, 5.74) is 7.42. The van der Waals surface area contributed by atoms with Gasteiger partial charge in [0.15, 0.2) is 0 Å². The van der Waals surface area contributed by atoms with Gasteiger partial charge in [-0.3, -0.25) is 4.79 Å². The fourth-order valence-electron chi connectivity index (χ4n) is 1.82. The van der Waals surface area contributed by atoms with Gasteiger partial charge in [0.2, 0.25) is 0 Å². The highest BCUT2D eigenvalue weighted by Gasteiger charge is 2.23. The van der Waals surface area contributed by atoms with Crippen LogP contribution in [0.1, 0.15) is 35.6 Å². The van der Waals surface area contributed by atoms with E-state index in [0.29, 0.717) is 34.6 Å². The Balaban J connectivity index is 0.00000200. The van der Waals surface area contributed by atoms with Gasteiger partial charge >= 0.3 is 0 Å². The average molecular weight is 299 g/mol. The molecule has 20 heavy (non-hydrogen) atoms. The van der Waals surface area contributed by atoms with E-state index in [-0.39, 0.29) is 18.3 Å². The molecule has 0 aromatic carbocycles. The summed E-state index contributed by atoms with van der Waals surface area (Å²) in [5.74, 6) is -0.197. The summed E-state index contributed by atoms with van der Waals surface area (Å²) < 4.78 is 5.11. The van der Waals surface area contributed by atoms with Crippen LogP contribution in [0.2, 0.25) is 0 Å². The molecule has 2 rings (SSSR count). The van der Waals surface area contributed by atoms with Crippen molar-refractivity contribution in [1.82, 2.24) is 15.5 Å². The van der Waals surface area contributed by atoms with E-state index < -0.39 is 5.54 Å². The standard InChI is InChI=1S/C13H18N4O2.ClH/c1-7-5-9(11(18)16-13(3,4)6-14)10-8(2)17-19-12(10)15-7;/h5H,6,14H2,1-4H3,(H,16,18);1H. The molecule has 0 aliphatic rings. The number of carbonyl (C=O) groups is 1. The molecule has 0 spiro atoms. The minimum Gasteiger partial charge on any atom is -0.346 e. The van der Waals surface area contributed by atoms with Crippen LogP contribution in [0.15, 0.2) is 10.6 Å². The molecule has 1 amide bonds. The van der Waals surface area contributed by atoms with Gasteiger partial charge in [0.25, 0.3) is 11.6 Å². The first-order valence-corrected chi connectivity index (χ1v) is 6.10. The maximum Gasteiger partial charge on any atom is 0.258 e. The molecule has 0 aliphatic heterocycles. The average Bonchev–Trinajstić information content (AvgIpc) is 2.69. The Hall–Kier alpha value is -1.66. The molecule has 0 unspecified atom stereocenters. The second kappa shape index (κ2) is 5.76. The summed E-state index contributed by atoms with van der Waals surface area (Å²) in [4.78, 5) is 16.6. The molecule has 0 saturated carbocycles. The molecule has 3 N–H and O–H groups in total. The van der Waals surface area contributed by atoms with Crippen molar-refractivity contribution in [3.63, 3.8) is 0 Å². The number of hydrogen-bond donors (Lipinski definition) is 2. The van der Waals surface area contributed by atoms with Crippen LogP contribution < -0.4 is 11.1 Å². The van der Waals surface area contributed by atoms with Gasteiger partial charge in [-0.1, -0.05) is 5.16 Å². The molecular formula is C13H19ClN4O2. The number of fused-ring (bicyclic) bond motifs is 1. The van der Waals surface area contributed by atoms with Crippen LogP contribution in [0, 0.1) is 13.8 Å². The molecule has 0 radical (unpaired) electrons. The lowest BCUT2D eigenvalue weighted by Gasteiger charge is -2.24. The van der Waals surface area contributed by atoms with Crippen molar-refractivity contribution < 1.29 is 9.32 Å². The molecule has 0 aliphatic carbocycles. The largest absolute Gasteiger partial charge is 0.346 e. The summed E-state index contributed by atoms with van der Waals surface area (Å²) in [6, 6.07) is 1.73. The van der Waals surface area contributed by atoms with Crippen molar-refractivity contribution in [2.45, 2.75) is 33.2 Å². The highest BCUT2D eigenvalue weighted by Crippen LogP contribution is 2.22. The van der Waals surface area contributed by atoms with Crippen LogP contribution in [-0.2, 0) is 0 Å². The fourth-order valence-corrected chi connectivity index (χ4v) is 1.82. The van der Waals surface area contributed by atoms with E-state index in [1.165, 1.54) is 0 Å². The second-order valence-corrected chi connectivity index (χ2v) is 5.30. The summed E-state index contributed by atoms with van der Waals surface area (Å²) in [6.45, 7) is 7.69. The Morgan fingerprint density at radius 1 is 1.45 bits per heavy atom. The topological polar surface area (TPSA) is 94.0 Å². The third-order valence-corrected chi connectivity index (χ3v) is 2.95. The summed E-state index contributed by atoms with van der Waals surface area (Å²) in [6.07, 6.45) is 0. The SMILES string of the molecule is Cc1cc(C(=O)NC(C)(C)CN)c2c(C)noc2n1.Cl. The van der Waals surface area contributed by atoms with E-state index in [4.69, 9.17) is 10.3 Å². The molecule has 0 fully saturated rings. The smallest absolute Gasteiger partial charge is 0.258 e. The predicted molar refractivity (Wildman–Crippen MR) is 79.1 cm³/mol. The van der Waals surface area contributed by atoms with Gasteiger partial charge in [0.1, 0.15) is 0 Å². The Kier molecular flexibility index (Phi) is 4.73. The van der Waals surface area contributed by atoms with Gasteiger partial charge in [-0.15, -0.1) is 12.4 Å². The Labute approximate surface area is 123 Å². The number of hydrogen-bond acceptors (Lipinski definition) is 5. The Morgan fingerprint density at radius 2 is 2.10 bits per heavy atom. The van der Waals surface area contributed by atoms with E-state index >= 15 is 0 Å². The number of rotatable bonds is 3. The Morgan fingerprint density at radius 3 is 2.70 bits per heavy atom. The van der Waals surface area contributed by atoms with E-state index in [1.807, 2.05) is 20.8 Å². The fraction of sp³-hybridized carbons (Fsp3) is 0.462. The highest BCUT2D eigenvalue weighted by atomic mass is 35.5. The maximum absolute atomic E-state index is 12.4. The number of pyridine rings is 1. The third kappa shape index (κ3) is 3.08. The number of nitrogens with two attached hydrogens (primary N) is 1. The molecule has 7 heteroatoms. The second-order valence-electron chi connectivity index (χ2n) is 5.30. The lowest BCUT2D eigenvalue weighted by Crippen LogP contribution is -2.48. The zero-order chi connectivity index (χ0) is 14.2. The molecule has 110 valence electrons. The molecule has 6 nitrogen and oxygen atoms in total. The number of nitrogens with one attached hydrogen (secondary N) is 1. The monoisotopic (exact) mass is 298 g/mol. The number of aromatic nitrogens is 2. The summed E-state index contributed by atoms with van der Waals surface area (Å²) in [7, 11) is 0. The number of halogens is 1. The third-order valence-electron chi connectivity index (χ3n) is 2.95. The highest BCUT2D eigenvalue weighted by molar-refractivity contribution is 6.06. The lowest BCUT2D eigenvalue weighted by molar-refractivity contribution is 0.0917. The van der Waals surface area contributed by atoms with Crippen molar-refractivity contribution in [1.29, 1.82) is 0 Å². The lowest BCUT2D eigenvalue weighted by atomic mass is 10.0. The van der Waals surface area contributed by atoms with Crippen LogP contribution in [-0.4, -0.2) is 28.1 Å². The van der Waals surface area contributed by atoms with E-state index in [0.717, 1.165) is 0 Å². The van der Waals surface area contributed by atoms with Crippen molar-refractivity contribution in [2.24, 2.45) is 5.73 Å². The van der Waals surface area contributed by atoms with Gasteiger partial charge in [0, 0.05) is 17.8 Å². The van der Waals surface area contributed by atoms with Crippen LogP contribution in [0.3, 0.4) is 0 Å². The molecular weight excluding hydrogens is 280 g/mol. The minimum absolute atomic E-state index is 0. The predicted octanol–water partition coefficient (Wildman–Crippen LogP) is 1.73. The normalized spacial score (nSPS) is 11.2. The van der Waals surface area contributed by atoms with Crippen molar-refractivity contribution in [2.75, 3.05) is 6.54 Å². The Bertz CT molecular complexity index is 637. The molecule has 0 atom stereocenters. The number of amides is 1. The first-order valence-electron chi connectivity index (χ1n) is 6.10. The number of nitrogens with zero attached hydrogens (tertiary/aromatic N) is 2. The van der Waals surface area contributed by atoms with E-state index in [9.17, 15) is 4.79 Å². The van der Waals surface area contributed by atoms with Crippen molar-refractivity contribution in [3.8, 4) is 0 Å². The van der Waals surface area contributed by atoms with Crippen LogP contribution >= 0.6 is 12.4 Å². The number of carbonyl (C=O) groups excluding carboxylic acids is 1. The first-order chi connectivity index (χ1) is 8.84. The quantitative estimate of drug-likeness (QED) is 0.900.